The first-order valence-electron chi connectivity index (χ1n) is 22.1. The highest BCUT2D eigenvalue weighted by molar-refractivity contribution is 7.47. The van der Waals surface area contributed by atoms with E-state index < -0.39 is 51.8 Å². The van der Waals surface area contributed by atoms with E-state index in [1.165, 1.54) is 70.6 Å². The zero-order chi connectivity index (χ0) is 41.5. The van der Waals surface area contributed by atoms with E-state index in [-0.39, 0.29) is 25.2 Å². The highest BCUT2D eigenvalue weighted by Gasteiger charge is 2.27. The summed E-state index contributed by atoms with van der Waals surface area (Å²) in [4.78, 5) is 46.7. The van der Waals surface area contributed by atoms with Gasteiger partial charge in [-0.1, -0.05) is 161 Å². The monoisotopic (exact) mass is 817 g/mol. The van der Waals surface area contributed by atoms with Crippen molar-refractivity contribution in [3.05, 3.63) is 24.3 Å². The number of hydrogen-bond acceptors (Lipinski definition) is 10. The molecule has 0 radical (unpaired) electrons. The first-order valence-corrected chi connectivity index (χ1v) is 23.6. The van der Waals surface area contributed by atoms with Crippen molar-refractivity contribution in [3.63, 3.8) is 0 Å². The molecule has 0 aliphatic rings. The highest BCUT2D eigenvalue weighted by Crippen LogP contribution is 2.43. The molecule has 3 N–H and O–H groups in total. The number of hydrogen-bond donors (Lipinski definition) is 3. The van der Waals surface area contributed by atoms with Crippen LogP contribution in [0, 0.1) is 5.92 Å². The van der Waals surface area contributed by atoms with Gasteiger partial charge in [0.25, 0.3) is 0 Å². The van der Waals surface area contributed by atoms with Gasteiger partial charge in [-0.05, 0) is 44.1 Å². The SMILES string of the molecule is CCCCCC(=O)/C=C/C=C\CCCCCCCC(=O)O[C@H](COC(=O)CCCCCCCCCCCCCCCCC(C)C)COP(=O)(O)OC[C@@H](O)CO. The van der Waals surface area contributed by atoms with E-state index in [4.69, 9.17) is 19.1 Å². The van der Waals surface area contributed by atoms with Crippen molar-refractivity contribution < 1.29 is 52.6 Å². The lowest BCUT2D eigenvalue weighted by Crippen LogP contribution is -2.29. The predicted octanol–water partition coefficient (Wildman–Crippen LogP) is 10.8. The minimum Gasteiger partial charge on any atom is -0.462 e. The number of ketones is 1. The van der Waals surface area contributed by atoms with Crippen molar-refractivity contribution >= 4 is 25.5 Å². The van der Waals surface area contributed by atoms with Gasteiger partial charge >= 0.3 is 19.8 Å². The van der Waals surface area contributed by atoms with Crippen LogP contribution in [-0.2, 0) is 37.5 Å². The number of phosphoric acid groups is 1. The van der Waals surface area contributed by atoms with Gasteiger partial charge in [-0.25, -0.2) is 4.57 Å². The van der Waals surface area contributed by atoms with Crippen LogP contribution in [0.4, 0.5) is 0 Å². The van der Waals surface area contributed by atoms with Crippen LogP contribution in [-0.4, -0.2) is 71.5 Å². The van der Waals surface area contributed by atoms with Crippen LogP contribution in [0.3, 0.4) is 0 Å². The minimum atomic E-state index is -4.64. The summed E-state index contributed by atoms with van der Waals surface area (Å²) in [5, 5.41) is 18.3. The number of esters is 2. The van der Waals surface area contributed by atoms with Crippen molar-refractivity contribution in [3.8, 4) is 0 Å². The van der Waals surface area contributed by atoms with Gasteiger partial charge in [-0.3, -0.25) is 23.4 Å². The fourth-order valence-corrected chi connectivity index (χ4v) is 6.83. The lowest BCUT2D eigenvalue weighted by Gasteiger charge is -2.20. The van der Waals surface area contributed by atoms with Gasteiger partial charge in [0.1, 0.15) is 12.7 Å². The Morgan fingerprint density at radius 1 is 0.625 bits per heavy atom. The zero-order valence-electron chi connectivity index (χ0n) is 35.5. The van der Waals surface area contributed by atoms with Gasteiger partial charge in [-0.15, -0.1) is 0 Å². The Balaban J connectivity index is 4.32. The Bertz CT molecular complexity index is 1060. The third-order valence-corrected chi connectivity index (χ3v) is 10.5. The maximum absolute atomic E-state index is 12.6. The minimum absolute atomic E-state index is 0.135. The van der Waals surface area contributed by atoms with Gasteiger partial charge in [-0.2, -0.15) is 0 Å². The molecule has 3 atom stereocenters. The molecule has 328 valence electrons. The Labute approximate surface area is 340 Å². The molecule has 0 heterocycles. The number of carbonyl (C=O) groups excluding carboxylic acids is 3. The summed E-state index contributed by atoms with van der Waals surface area (Å²) in [5.74, 6) is 0.00140. The van der Waals surface area contributed by atoms with Crippen molar-refractivity contribution in [1.82, 2.24) is 0 Å². The molecule has 0 saturated heterocycles. The van der Waals surface area contributed by atoms with Gasteiger partial charge < -0.3 is 24.6 Å². The van der Waals surface area contributed by atoms with Crippen LogP contribution in [0.15, 0.2) is 24.3 Å². The molecule has 0 fully saturated rings. The largest absolute Gasteiger partial charge is 0.472 e. The zero-order valence-corrected chi connectivity index (χ0v) is 36.4. The Hall–Kier alpha value is -1.88. The molecule has 0 aliphatic carbocycles. The van der Waals surface area contributed by atoms with E-state index in [9.17, 15) is 28.9 Å². The molecule has 56 heavy (non-hydrogen) atoms. The van der Waals surface area contributed by atoms with Gasteiger partial charge in [0.2, 0.25) is 0 Å². The van der Waals surface area contributed by atoms with E-state index in [1.54, 1.807) is 12.2 Å². The highest BCUT2D eigenvalue weighted by atomic mass is 31.2. The van der Waals surface area contributed by atoms with Crippen molar-refractivity contribution in [1.29, 1.82) is 0 Å². The molecule has 11 nitrogen and oxygen atoms in total. The fraction of sp³-hybridized carbons (Fsp3) is 0.841. The van der Waals surface area contributed by atoms with E-state index in [2.05, 4.69) is 31.4 Å². The average molecular weight is 817 g/mol. The summed E-state index contributed by atoms with van der Waals surface area (Å²) in [6.45, 7) is 4.52. The number of aliphatic hydroxyl groups is 2. The molecule has 0 aromatic rings. The molecule has 0 aliphatic heterocycles. The van der Waals surface area contributed by atoms with Crippen LogP contribution in [0.5, 0.6) is 0 Å². The van der Waals surface area contributed by atoms with E-state index in [0.717, 1.165) is 76.5 Å². The maximum Gasteiger partial charge on any atom is 0.472 e. The average Bonchev–Trinajstić information content (AvgIpc) is 3.16. The van der Waals surface area contributed by atoms with E-state index in [1.807, 2.05) is 6.08 Å². The number of phosphoric ester groups is 1. The molecule has 0 rings (SSSR count). The smallest absolute Gasteiger partial charge is 0.462 e. The summed E-state index contributed by atoms with van der Waals surface area (Å²) in [6, 6.07) is 0. The molecule has 0 amide bonds. The maximum atomic E-state index is 12.6. The van der Waals surface area contributed by atoms with E-state index in [0.29, 0.717) is 19.3 Å². The van der Waals surface area contributed by atoms with Crippen LogP contribution in [0.25, 0.3) is 0 Å². The molecule has 0 aromatic heterocycles. The first kappa shape index (κ1) is 54.1. The van der Waals surface area contributed by atoms with E-state index >= 15 is 0 Å². The normalized spacial score (nSPS) is 14.1. The number of carbonyl (C=O) groups is 3. The number of unbranched alkanes of at least 4 members (excludes halogenated alkanes) is 20. The number of aliphatic hydroxyl groups excluding tert-OH is 2. The number of allylic oxidation sites excluding steroid dienone is 4. The number of ether oxygens (including phenoxy) is 2. The molecule has 0 spiro atoms. The van der Waals surface area contributed by atoms with Crippen molar-refractivity contribution in [2.75, 3.05) is 26.4 Å². The lowest BCUT2D eigenvalue weighted by atomic mass is 10.0. The predicted molar refractivity (Wildman–Crippen MR) is 224 cm³/mol. The molecule has 0 aromatic carbocycles. The second-order valence-corrected chi connectivity index (χ2v) is 17.0. The van der Waals surface area contributed by atoms with Crippen LogP contribution in [0.1, 0.15) is 194 Å². The third-order valence-electron chi connectivity index (χ3n) is 9.51. The Morgan fingerprint density at radius 2 is 1.12 bits per heavy atom. The van der Waals surface area contributed by atoms with Crippen LogP contribution < -0.4 is 0 Å². The third kappa shape index (κ3) is 39.0. The molecule has 0 saturated carbocycles. The summed E-state index contributed by atoms with van der Waals surface area (Å²) in [7, 11) is -4.64. The van der Waals surface area contributed by atoms with Crippen molar-refractivity contribution in [2.45, 2.75) is 206 Å². The summed E-state index contributed by atoms with van der Waals surface area (Å²) in [6.07, 6.45) is 32.7. The second-order valence-electron chi connectivity index (χ2n) is 15.6. The standard InChI is InChI=1S/C44H81O11P/c1-4-5-25-31-40(46)32-27-22-18-14-12-16-20-24-29-34-44(49)55-42(38-54-56(50,51)53-36-41(47)35-45)37-52-43(48)33-28-23-19-15-11-9-7-6-8-10-13-17-21-26-30-39(2)3/h18,22,27,32,39,41-42,45,47H,4-17,19-21,23-26,28-31,33-38H2,1-3H3,(H,50,51)/b22-18-,32-27+/t41-,42+/m0/s1. The summed E-state index contributed by atoms with van der Waals surface area (Å²) >= 11 is 0. The molecule has 0 bridgehead atoms. The van der Waals surface area contributed by atoms with Crippen molar-refractivity contribution in [2.24, 2.45) is 5.92 Å². The summed E-state index contributed by atoms with van der Waals surface area (Å²) in [5.41, 5.74) is 0. The topological polar surface area (TPSA) is 166 Å². The fourth-order valence-electron chi connectivity index (χ4n) is 6.04. The lowest BCUT2D eigenvalue weighted by molar-refractivity contribution is -0.161. The molecular weight excluding hydrogens is 735 g/mol. The van der Waals surface area contributed by atoms with Crippen LogP contribution in [0.2, 0.25) is 0 Å². The first-order chi connectivity index (χ1) is 27.0. The van der Waals surface area contributed by atoms with Gasteiger partial charge in [0, 0.05) is 19.3 Å². The molecule has 1 unspecified atom stereocenters. The van der Waals surface area contributed by atoms with Gasteiger partial charge in [0.05, 0.1) is 19.8 Å². The molecule has 12 heteroatoms. The summed E-state index contributed by atoms with van der Waals surface area (Å²) < 4.78 is 32.7. The quantitative estimate of drug-likeness (QED) is 0.0177. The van der Waals surface area contributed by atoms with Crippen LogP contribution >= 0.6 is 7.82 Å². The van der Waals surface area contributed by atoms with Gasteiger partial charge in [0.15, 0.2) is 11.9 Å². The number of rotatable bonds is 41. The Kier molecular flexibility index (Phi) is 37.3. The Morgan fingerprint density at radius 3 is 1.68 bits per heavy atom. The molecular formula is C44H81O11P. The second kappa shape index (κ2) is 38.6.